The molecular formula is C12H23N7O2. The van der Waals surface area contributed by atoms with E-state index in [9.17, 15) is 0 Å². The van der Waals surface area contributed by atoms with Crippen LogP contribution in [0.3, 0.4) is 0 Å². The number of hydrazine groups is 1. The minimum absolute atomic E-state index is 0.290. The van der Waals surface area contributed by atoms with Crippen LogP contribution >= 0.6 is 0 Å². The van der Waals surface area contributed by atoms with Gasteiger partial charge in [0.15, 0.2) is 0 Å². The fourth-order valence-corrected chi connectivity index (χ4v) is 1.92. The zero-order valence-electron chi connectivity index (χ0n) is 12.6. The van der Waals surface area contributed by atoms with Gasteiger partial charge in [-0.05, 0) is 20.5 Å². The molecule has 0 spiro atoms. The summed E-state index contributed by atoms with van der Waals surface area (Å²) in [7, 11) is 4.05. The number of nitrogen functional groups attached to an aromatic ring is 1. The third-order valence-electron chi connectivity index (χ3n) is 3.01. The first kappa shape index (κ1) is 15.7. The number of ether oxygens (including phenoxy) is 2. The quantitative estimate of drug-likeness (QED) is 0.385. The van der Waals surface area contributed by atoms with E-state index in [2.05, 4.69) is 25.3 Å². The van der Waals surface area contributed by atoms with Gasteiger partial charge in [0.1, 0.15) is 0 Å². The molecule has 9 heteroatoms. The molecule has 1 fully saturated rings. The van der Waals surface area contributed by atoms with E-state index in [4.69, 9.17) is 15.3 Å². The average Bonchev–Trinajstić information content (AvgIpc) is 2.52. The molecule has 2 rings (SSSR count). The van der Waals surface area contributed by atoms with E-state index < -0.39 is 0 Å². The van der Waals surface area contributed by atoms with Gasteiger partial charge < -0.3 is 19.3 Å². The molecule has 0 aromatic carbocycles. The van der Waals surface area contributed by atoms with Crippen molar-refractivity contribution in [3.8, 4) is 6.01 Å². The summed E-state index contributed by atoms with van der Waals surface area (Å²) in [6.07, 6.45) is 0.900. The molecule has 1 aliphatic rings. The summed E-state index contributed by atoms with van der Waals surface area (Å²) >= 11 is 0. The Kier molecular flexibility index (Phi) is 5.90. The number of rotatable bonds is 7. The second-order valence-corrected chi connectivity index (χ2v) is 4.99. The van der Waals surface area contributed by atoms with Crippen LogP contribution in [-0.2, 0) is 4.74 Å². The minimum Gasteiger partial charge on any atom is -0.463 e. The van der Waals surface area contributed by atoms with Crippen molar-refractivity contribution >= 4 is 11.9 Å². The van der Waals surface area contributed by atoms with Gasteiger partial charge in [-0.2, -0.15) is 15.0 Å². The van der Waals surface area contributed by atoms with Crippen molar-refractivity contribution in [3.05, 3.63) is 0 Å². The van der Waals surface area contributed by atoms with Gasteiger partial charge in [0, 0.05) is 19.6 Å². The first-order valence-electron chi connectivity index (χ1n) is 7.02. The SMILES string of the molecule is CN(C)CCCOc1nc(NN)nc(N2CCOCC2)n1. The smallest absolute Gasteiger partial charge is 0.323 e. The molecule has 1 aliphatic heterocycles. The Bertz CT molecular complexity index is 438. The van der Waals surface area contributed by atoms with E-state index in [-0.39, 0.29) is 6.01 Å². The maximum Gasteiger partial charge on any atom is 0.323 e. The zero-order chi connectivity index (χ0) is 15.1. The second-order valence-electron chi connectivity index (χ2n) is 4.99. The molecule has 0 aliphatic carbocycles. The zero-order valence-corrected chi connectivity index (χ0v) is 12.6. The monoisotopic (exact) mass is 297 g/mol. The molecule has 0 unspecified atom stereocenters. The lowest BCUT2D eigenvalue weighted by atomic mass is 10.4. The maximum absolute atomic E-state index is 5.59. The number of morpholine rings is 1. The van der Waals surface area contributed by atoms with Crippen LogP contribution in [0.15, 0.2) is 0 Å². The molecule has 1 saturated heterocycles. The van der Waals surface area contributed by atoms with Crippen molar-refractivity contribution < 1.29 is 9.47 Å². The van der Waals surface area contributed by atoms with Crippen LogP contribution in [0.1, 0.15) is 6.42 Å². The fourth-order valence-electron chi connectivity index (χ4n) is 1.92. The highest BCUT2D eigenvalue weighted by Crippen LogP contribution is 2.15. The highest BCUT2D eigenvalue weighted by atomic mass is 16.5. The van der Waals surface area contributed by atoms with Gasteiger partial charge in [0.05, 0.1) is 19.8 Å². The molecule has 0 atom stereocenters. The van der Waals surface area contributed by atoms with Gasteiger partial charge in [-0.15, -0.1) is 0 Å². The van der Waals surface area contributed by atoms with E-state index in [1.54, 1.807) is 0 Å². The van der Waals surface area contributed by atoms with E-state index in [0.29, 0.717) is 31.7 Å². The van der Waals surface area contributed by atoms with Gasteiger partial charge in [-0.25, -0.2) is 5.84 Å². The van der Waals surface area contributed by atoms with E-state index in [1.165, 1.54) is 0 Å². The number of nitrogens with zero attached hydrogens (tertiary/aromatic N) is 5. The third-order valence-corrected chi connectivity index (χ3v) is 3.01. The summed E-state index contributed by atoms with van der Waals surface area (Å²) in [6.45, 7) is 4.31. The number of nitrogens with two attached hydrogens (primary N) is 1. The van der Waals surface area contributed by atoms with Crippen molar-refractivity contribution in [2.45, 2.75) is 6.42 Å². The Balaban J connectivity index is 1.99. The molecule has 21 heavy (non-hydrogen) atoms. The summed E-state index contributed by atoms with van der Waals surface area (Å²) in [5.41, 5.74) is 2.45. The summed E-state index contributed by atoms with van der Waals surface area (Å²) < 4.78 is 10.9. The summed E-state index contributed by atoms with van der Waals surface area (Å²) in [6, 6.07) is 0.290. The van der Waals surface area contributed by atoms with Gasteiger partial charge in [-0.1, -0.05) is 0 Å². The first-order chi connectivity index (χ1) is 10.2. The molecule has 2 heterocycles. The average molecular weight is 297 g/mol. The standard InChI is InChI=1S/C12H23N7O2/c1-18(2)4-3-7-21-12-15-10(17-13)14-11(16-12)19-5-8-20-9-6-19/h3-9,13H2,1-2H3,(H,14,15,16,17). The maximum atomic E-state index is 5.59. The minimum atomic E-state index is 0.290. The Morgan fingerprint density at radius 3 is 2.71 bits per heavy atom. The number of hydrogen-bond donors (Lipinski definition) is 2. The van der Waals surface area contributed by atoms with Crippen molar-refractivity contribution in [2.75, 3.05) is 63.9 Å². The lowest BCUT2D eigenvalue weighted by Gasteiger charge is -2.26. The summed E-state index contributed by atoms with van der Waals surface area (Å²) in [4.78, 5) is 16.8. The number of aromatic nitrogens is 3. The number of hydrogen-bond acceptors (Lipinski definition) is 9. The third kappa shape index (κ3) is 4.96. The molecule has 3 N–H and O–H groups in total. The van der Waals surface area contributed by atoms with E-state index in [1.807, 2.05) is 19.0 Å². The van der Waals surface area contributed by atoms with Crippen LogP contribution in [-0.4, -0.2) is 73.4 Å². The van der Waals surface area contributed by atoms with Gasteiger partial charge in [-0.3, -0.25) is 5.43 Å². The van der Waals surface area contributed by atoms with Crippen LogP contribution in [0.5, 0.6) is 6.01 Å². The molecule has 1 aromatic heterocycles. The lowest BCUT2D eigenvalue weighted by molar-refractivity contribution is 0.122. The Hall–Kier alpha value is -1.71. The highest BCUT2D eigenvalue weighted by molar-refractivity contribution is 5.37. The molecule has 118 valence electrons. The van der Waals surface area contributed by atoms with Gasteiger partial charge >= 0.3 is 6.01 Å². The summed E-state index contributed by atoms with van der Waals surface area (Å²) in [5, 5.41) is 0. The summed E-state index contributed by atoms with van der Waals surface area (Å²) in [5.74, 6) is 6.26. The van der Waals surface area contributed by atoms with Crippen molar-refractivity contribution in [2.24, 2.45) is 5.84 Å². The molecule has 0 amide bonds. The first-order valence-corrected chi connectivity index (χ1v) is 7.02. The molecule has 0 radical (unpaired) electrons. The molecule has 0 bridgehead atoms. The van der Waals surface area contributed by atoms with Crippen molar-refractivity contribution in [3.63, 3.8) is 0 Å². The van der Waals surface area contributed by atoms with Crippen LogP contribution in [0.25, 0.3) is 0 Å². The van der Waals surface area contributed by atoms with Gasteiger partial charge in [0.25, 0.3) is 0 Å². The topological polar surface area (TPSA) is 102 Å². The number of anilines is 2. The second kappa shape index (κ2) is 7.91. The largest absolute Gasteiger partial charge is 0.463 e. The van der Waals surface area contributed by atoms with Crippen LogP contribution in [0, 0.1) is 0 Å². The molecule has 1 aromatic rings. The van der Waals surface area contributed by atoms with Gasteiger partial charge in [0.2, 0.25) is 11.9 Å². The molecule has 0 saturated carbocycles. The van der Waals surface area contributed by atoms with Crippen LogP contribution in [0.2, 0.25) is 0 Å². The van der Waals surface area contributed by atoms with Crippen molar-refractivity contribution in [1.29, 1.82) is 0 Å². The fraction of sp³-hybridized carbons (Fsp3) is 0.750. The Morgan fingerprint density at radius 1 is 1.29 bits per heavy atom. The van der Waals surface area contributed by atoms with Crippen LogP contribution < -0.4 is 20.9 Å². The molecule has 9 nitrogen and oxygen atoms in total. The van der Waals surface area contributed by atoms with E-state index >= 15 is 0 Å². The Morgan fingerprint density at radius 2 is 2.05 bits per heavy atom. The normalized spacial score (nSPS) is 15.3. The Labute approximate surface area is 124 Å². The predicted octanol–water partition coefficient (Wildman–Crippen LogP) is -0.676. The highest BCUT2D eigenvalue weighted by Gasteiger charge is 2.16. The lowest BCUT2D eigenvalue weighted by Crippen LogP contribution is -2.37. The van der Waals surface area contributed by atoms with E-state index in [0.717, 1.165) is 26.1 Å². The number of nitrogens with one attached hydrogen (secondary N) is 1. The van der Waals surface area contributed by atoms with Crippen molar-refractivity contribution in [1.82, 2.24) is 19.9 Å². The molecular weight excluding hydrogens is 274 g/mol. The predicted molar refractivity (Wildman–Crippen MR) is 79.3 cm³/mol. The van der Waals surface area contributed by atoms with Crippen LogP contribution in [0.4, 0.5) is 11.9 Å².